The summed E-state index contributed by atoms with van der Waals surface area (Å²) in [6.45, 7) is 3.43. The number of piperazine rings is 1. The van der Waals surface area contributed by atoms with Crippen molar-refractivity contribution in [3.05, 3.63) is 77.1 Å². The van der Waals surface area contributed by atoms with Gasteiger partial charge in [-0.25, -0.2) is 14.6 Å². The number of aryl methyl sites for hydroxylation is 1. The number of carbonyl (C=O) groups excluding carboxylic acids is 1. The van der Waals surface area contributed by atoms with Crippen LogP contribution in [0.1, 0.15) is 5.56 Å². The Kier molecular flexibility index (Phi) is 7.04. The van der Waals surface area contributed by atoms with Crippen molar-refractivity contribution in [2.75, 3.05) is 39.8 Å². The van der Waals surface area contributed by atoms with E-state index in [2.05, 4.69) is 25.1 Å². The summed E-state index contributed by atoms with van der Waals surface area (Å²) in [4.78, 5) is 37.0. The number of aromatic nitrogens is 6. The van der Waals surface area contributed by atoms with Crippen LogP contribution in [0.15, 0.2) is 66.0 Å². The monoisotopic (exact) mass is 500 g/mol. The third-order valence-electron chi connectivity index (χ3n) is 6.23. The number of rotatable bonds is 8. The second kappa shape index (κ2) is 10.7. The summed E-state index contributed by atoms with van der Waals surface area (Å²) in [6, 6.07) is 10.9. The molecule has 11 heteroatoms. The van der Waals surface area contributed by atoms with Gasteiger partial charge in [-0.1, -0.05) is 18.2 Å². The lowest BCUT2D eigenvalue weighted by Gasteiger charge is -2.31. The Bertz CT molecular complexity index is 1450. The number of hydrogen-bond acceptors (Lipinski definition) is 8. The molecule has 0 radical (unpaired) electrons. The van der Waals surface area contributed by atoms with E-state index < -0.39 is 0 Å². The van der Waals surface area contributed by atoms with E-state index in [0.29, 0.717) is 43.5 Å². The molecule has 1 aliphatic heterocycles. The molecule has 190 valence electrons. The minimum atomic E-state index is -0.184. The number of hydrogen-bond donors (Lipinski definition) is 0. The minimum absolute atomic E-state index is 0.128. The predicted octanol–water partition coefficient (Wildman–Crippen LogP) is 1.30. The zero-order valence-electron chi connectivity index (χ0n) is 20.8. The van der Waals surface area contributed by atoms with Gasteiger partial charge < -0.3 is 9.64 Å². The van der Waals surface area contributed by atoms with Crippen molar-refractivity contribution in [2.45, 2.75) is 6.54 Å². The third kappa shape index (κ3) is 5.89. The van der Waals surface area contributed by atoms with Crippen LogP contribution in [0.4, 0.5) is 0 Å². The van der Waals surface area contributed by atoms with Gasteiger partial charge in [0.05, 0.1) is 37.4 Å². The molecule has 0 saturated carbocycles. The van der Waals surface area contributed by atoms with Crippen LogP contribution in [-0.4, -0.2) is 85.1 Å². The maximum Gasteiger partial charge on any atom is 0.267 e. The molecule has 37 heavy (non-hydrogen) atoms. The number of nitrogens with zero attached hydrogens (tertiary/aromatic N) is 8. The second-order valence-corrected chi connectivity index (χ2v) is 9.00. The molecule has 0 atom stereocenters. The van der Waals surface area contributed by atoms with Gasteiger partial charge in [-0.05, 0) is 17.7 Å². The molecule has 0 unspecified atom stereocenters. The van der Waals surface area contributed by atoms with E-state index >= 15 is 0 Å². The van der Waals surface area contributed by atoms with Crippen LogP contribution in [0, 0.1) is 0 Å². The lowest BCUT2D eigenvalue weighted by molar-refractivity contribution is -0.134. The van der Waals surface area contributed by atoms with Gasteiger partial charge in [-0.3, -0.25) is 19.2 Å². The molecule has 4 aromatic rings. The van der Waals surface area contributed by atoms with Crippen molar-refractivity contribution < 1.29 is 9.53 Å². The number of ether oxygens (including phenoxy) is 1. The van der Waals surface area contributed by atoms with Gasteiger partial charge in [0.25, 0.3) is 5.56 Å². The highest BCUT2D eigenvalue weighted by molar-refractivity contribution is 5.78. The lowest BCUT2D eigenvalue weighted by atomic mass is 10.1. The van der Waals surface area contributed by atoms with Crippen molar-refractivity contribution in [3.8, 4) is 28.4 Å². The van der Waals surface area contributed by atoms with Crippen LogP contribution < -0.4 is 10.3 Å². The summed E-state index contributed by atoms with van der Waals surface area (Å²) in [5.41, 5.74) is 3.08. The van der Waals surface area contributed by atoms with E-state index in [1.54, 1.807) is 34.2 Å². The van der Waals surface area contributed by atoms with Gasteiger partial charge in [0.15, 0.2) is 11.6 Å². The van der Waals surface area contributed by atoms with Crippen LogP contribution >= 0.6 is 0 Å². The number of likely N-dealkylation sites (N-methyl/N-ethyl adjacent to an activating group) is 1. The first kappa shape index (κ1) is 24.3. The van der Waals surface area contributed by atoms with Gasteiger partial charge in [-0.15, -0.1) is 0 Å². The Morgan fingerprint density at radius 2 is 1.81 bits per heavy atom. The SMILES string of the molecule is CN1CCN(CCOc2cnc(-c3cccc(Cn4nc(-c5cnn(C)c5)ccc4=O)c3)nc2)CC1=O. The van der Waals surface area contributed by atoms with Crippen LogP contribution in [0.25, 0.3) is 22.6 Å². The molecular formula is C26H28N8O3. The Morgan fingerprint density at radius 3 is 2.57 bits per heavy atom. The molecule has 0 aliphatic carbocycles. The molecule has 0 spiro atoms. The number of carbonyl (C=O) groups is 1. The summed E-state index contributed by atoms with van der Waals surface area (Å²) in [6.07, 6.45) is 6.87. The maximum absolute atomic E-state index is 12.4. The molecular weight excluding hydrogens is 472 g/mol. The van der Waals surface area contributed by atoms with Gasteiger partial charge in [0.2, 0.25) is 5.91 Å². The quantitative estimate of drug-likeness (QED) is 0.356. The third-order valence-corrected chi connectivity index (χ3v) is 6.23. The lowest BCUT2D eigenvalue weighted by Crippen LogP contribution is -2.49. The summed E-state index contributed by atoms with van der Waals surface area (Å²) in [7, 11) is 3.66. The summed E-state index contributed by atoms with van der Waals surface area (Å²) < 4.78 is 8.92. The fourth-order valence-electron chi connectivity index (χ4n) is 4.08. The molecule has 1 amide bonds. The topological polar surface area (TPSA) is 111 Å². The molecule has 1 saturated heterocycles. The van der Waals surface area contributed by atoms with E-state index in [-0.39, 0.29) is 11.5 Å². The second-order valence-electron chi connectivity index (χ2n) is 9.00. The van der Waals surface area contributed by atoms with Gasteiger partial charge >= 0.3 is 0 Å². The van der Waals surface area contributed by atoms with Crippen molar-refractivity contribution in [1.82, 2.24) is 39.3 Å². The van der Waals surface area contributed by atoms with Gasteiger partial charge in [-0.2, -0.15) is 10.2 Å². The first-order valence-electron chi connectivity index (χ1n) is 12.0. The van der Waals surface area contributed by atoms with Crippen molar-refractivity contribution in [1.29, 1.82) is 0 Å². The first-order valence-corrected chi connectivity index (χ1v) is 12.0. The van der Waals surface area contributed by atoms with E-state index in [1.165, 1.54) is 10.7 Å². The molecule has 0 bridgehead atoms. The van der Waals surface area contributed by atoms with E-state index in [1.807, 2.05) is 44.6 Å². The van der Waals surface area contributed by atoms with Crippen molar-refractivity contribution in [2.24, 2.45) is 7.05 Å². The largest absolute Gasteiger partial charge is 0.489 e. The van der Waals surface area contributed by atoms with E-state index in [0.717, 1.165) is 29.8 Å². The maximum atomic E-state index is 12.4. The Balaban J connectivity index is 1.22. The van der Waals surface area contributed by atoms with Crippen LogP contribution in [0.3, 0.4) is 0 Å². The molecule has 5 rings (SSSR count). The van der Waals surface area contributed by atoms with Crippen LogP contribution in [0.5, 0.6) is 5.75 Å². The highest BCUT2D eigenvalue weighted by Gasteiger charge is 2.20. The van der Waals surface area contributed by atoms with E-state index in [9.17, 15) is 9.59 Å². The minimum Gasteiger partial charge on any atom is -0.489 e. The fourth-order valence-corrected chi connectivity index (χ4v) is 4.08. The summed E-state index contributed by atoms with van der Waals surface area (Å²) in [5, 5.41) is 8.69. The number of benzene rings is 1. The Labute approximate surface area is 214 Å². The zero-order valence-corrected chi connectivity index (χ0v) is 20.8. The molecule has 0 N–H and O–H groups in total. The first-order chi connectivity index (χ1) is 17.9. The van der Waals surface area contributed by atoms with Crippen molar-refractivity contribution >= 4 is 5.91 Å². The molecule has 11 nitrogen and oxygen atoms in total. The van der Waals surface area contributed by atoms with Gasteiger partial charge in [0, 0.05) is 57.1 Å². The molecule has 4 heterocycles. The highest BCUT2D eigenvalue weighted by Crippen LogP contribution is 2.19. The van der Waals surface area contributed by atoms with Crippen LogP contribution in [-0.2, 0) is 18.4 Å². The molecule has 3 aromatic heterocycles. The fraction of sp³-hybridized carbons (Fsp3) is 0.308. The smallest absolute Gasteiger partial charge is 0.267 e. The van der Waals surface area contributed by atoms with Gasteiger partial charge in [0.1, 0.15) is 6.61 Å². The summed E-state index contributed by atoms with van der Waals surface area (Å²) in [5.74, 6) is 1.26. The molecule has 1 aromatic carbocycles. The standard InChI is InChI=1S/C26H28N8O3/c1-31-8-9-33(18-25(31)36)10-11-37-22-14-27-26(28-15-22)20-5-3-4-19(12-20)16-34-24(35)7-6-23(30-34)21-13-29-32(2)17-21/h3-7,12-15,17H,8-11,16,18H2,1-2H3. The highest BCUT2D eigenvalue weighted by atomic mass is 16.5. The Hall–Kier alpha value is -4.38. The zero-order chi connectivity index (χ0) is 25.8. The normalized spacial score (nSPS) is 14.2. The average molecular weight is 501 g/mol. The predicted molar refractivity (Wildman–Crippen MR) is 137 cm³/mol. The Morgan fingerprint density at radius 1 is 0.973 bits per heavy atom. The average Bonchev–Trinajstić information content (AvgIpc) is 3.34. The summed E-state index contributed by atoms with van der Waals surface area (Å²) >= 11 is 0. The molecule has 1 fully saturated rings. The van der Waals surface area contributed by atoms with E-state index in [4.69, 9.17) is 4.74 Å². The van der Waals surface area contributed by atoms with Crippen LogP contribution in [0.2, 0.25) is 0 Å². The van der Waals surface area contributed by atoms with Crippen molar-refractivity contribution in [3.63, 3.8) is 0 Å². The number of amides is 1. The molecule has 1 aliphatic rings.